The summed E-state index contributed by atoms with van der Waals surface area (Å²) in [6, 6.07) is 11.6. The summed E-state index contributed by atoms with van der Waals surface area (Å²) in [6.45, 7) is 2.11. The Morgan fingerprint density at radius 2 is 1.66 bits per heavy atom. The average molecular weight is 490 g/mol. The summed E-state index contributed by atoms with van der Waals surface area (Å²) >= 11 is 11.9. The molecule has 1 aliphatic rings. The number of ether oxygens (including phenoxy) is 1. The van der Waals surface area contributed by atoms with Crippen molar-refractivity contribution in [2.24, 2.45) is 0 Å². The second-order valence-corrected chi connectivity index (χ2v) is 7.99. The molecular weight excluding hydrogens is 470 g/mol. The lowest BCUT2D eigenvalue weighted by atomic mass is 10.2. The summed E-state index contributed by atoms with van der Waals surface area (Å²) in [4.78, 5) is 26.4. The molecule has 0 saturated carbocycles. The van der Waals surface area contributed by atoms with Crippen LogP contribution in [0.2, 0.25) is 10.0 Å². The summed E-state index contributed by atoms with van der Waals surface area (Å²) in [6.07, 6.45) is -5.69. The predicted octanol–water partition coefficient (Wildman–Crippen LogP) is 4.61. The van der Waals surface area contributed by atoms with Gasteiger partial charge in [0.25, 0.3) is 5.91 Å². The third-order valence-corrected chi connectivity index (χ3v) is 5.41. The number of anilines is 2. The minimum atomic E-state index is -4.86. The van der Waals surface area contributed by atoms with E-state index in [-0.39, 0.29) is 32.1 Å². The van der Waals surface area contributed by atoms with E-state index < -0.39 is 18.2 Å². The van der Waals surface area contributed by atoms with Crippen LogP contribution in [0, 0.1) is 0 Å². The fraction of sp³-hybridized carbons (Fsp3) is 0.333. The van der Waals surface area contributed by atoms with Crippen molar-refractivity contribution >= 4 is 46.4 Å². The number of carbonyl (C=O) groups excluding carboxylic acids is 2. The monoisotopic (exact) mass is 489 g/mol. The van der Waals surface area contributed by atoms with Crippen LogP contribution in [0.4, 0.5) is 24.5 Å². The van der Waals surface area contributed by atoms with Crippen molar-refractivity contribution in [1.29, 1.82) is 0 Å². The van der Waals surface area contributed by atoms with E-state index in [4.69, 9.17) is 27.9 Å². The molecule has 0 radical (unpaired) electrons. The van der Waals surface area contributed by atoms with Gasteiger partial charge in [-0.15, -0.1) is 0 Å². The van der Waals surface area contributed by atoms with E-state index in [9.17, 15) is 22.8 Å². The van der Waals surface area contributed by atoms with Gasteiger partial charge >= 0.3 is 12.1 Å². The van der Waals surface area contributed by atoms with Crippen molar-refractivity contribution in [3.63, 3.8) is 0 Å². The van der Waals surface area contributed by atoms with Gasteiger partial charge in [0.1, 0.15) is 5.75 Å². The largest absolute Gasteiger partial charge is 0.479 e. The minimum Gasteiger partial charge on any atom is -0.479 e. The summed E-state index contributed by atoms with van der Waals surface area (Å²) in [7, 11) is 0. The van der Waals surface area contributed by atoms with Gasteiger partial charge in [-0.3, -0.25) is 9.59 Å². The van der Waals surface area contributed by atoms with Gasteiger partial charge in [-0.25, -0.2) is 0 Å². The number of carbonyl (C=O) groups is 2. The Kier molecular flexibility index (Phi) is 7.40. The lowest BCUT2D eigenvalue weighted by Crippen LogP contribution is -2.52. The van der Waals surface area contributed by atoms with E-state index >= 15 is 0 Å². The molecule has 1 fully saturated rings. The first-order chi connectivity index (χ1) is 15.0. The van der Waals surface area contributed by atoms with Gasteiger partial charge in [0.15, 0.2) is 6.10 Å². The zero-order chi connectivity index (χ0) is 23.5. The third-order valence-electron chi connectivity index (χ3n) is 4.88. The predicted molar refractivity (Wildman–Crippen MR) is 116 cm³/mol. The van der Waals surface area contributed by atoms with Crippen LogP contribution < -0.4 is 15.0 Å². The smallest absolute Gasteiger partial charge is 0.471 e. The highest BCUT2D eigenvalue weighted by Crippen LogP contribution is 2.28. The van der Waals surface area contributed by atoms with E-state index in [2.05, 4.69) is 5.32 Å². The Bertz CT molecular complexity index is 978. The normalized spacial score (nSPS) is 15.3. The molecule has 1 heterocycles. The zero-order valence-electron chi connectivity index (χ0n) is 17.0. The Balaban J connectivity index is 1.53. The fourth-order valence-electron chi connectivity index (χ4n) is 3.16. The highest BCUT2D eigenvalue weighted by Gasteiger charge is 2.43. The van der Waals surface area contributed by atoms with Crippen LogP contribution in [-0.2, 0) is 9.59 Å². The highest BCUT2D eigenvalue weighted by molar-refractivity contribution is 6.35. The quantitative estimate of drug-likeness (QED) is 0.665. The number of piperazine rings is 1. The topological polar surface area (TPSA) is 61.9 Å². The molecule has 1 saturated heterocycles. The molecule has 1 aliphatic heterocycles. The number of nitrogens with zero attached hydrogens (tertiary/aromatic N) is 2. The van der Waals surface area contributed by atoms with Crippen LogP contribution in [0.5, 0.6) is 5.75 Å². The van der Waals surface area contributed by atoms with E-state index in [1.165, 1.54) is 6.07 Å². The van der Waals surface area contributed by atoms with Gasteiger partial charge in [-0.1, -0.05) is 23.2 Å². The van der Waals surface area contributed by atoms with E-state index in [0.29, 0.717) is 21.5 Å². The molecule has 2 aromatic carbocycles. The molecule has 172 valence electrons. The second kappa shape index (κ2) is 9.87. The Hall–Kier alpha value is -2.65. The summed E-state index contributed by atoms with van der Waals surface area (Å²) in [5, 5.41) is 3.47. The van der Waals surface area contributed by atoms with Crippen LogP contribution in [0.25, 0.3) is 0 Å². The lowest BCUT2D eigenvalue weighted by Gasteiger charge is -2.36. The number of hydrogen-bond acceptors (Lipinski definition) is 4. The van der Waals surface area contributed by atoms with E-state index in [0.717, 1.165) is 10.6 Å². The number of halogens is 5. The first-order valence-corrected chi connectivity index (χ1v) is 10.4. The molecule has 2 aromatic rings. The summed E-state index contributed by atoms with van der Waals surface area (Å²) in [5.41, 5.74) is 1.31. The van der Waals surface area contributed by atoms with Crippen LogP contribution in [0.1, 0.15) is 6.92 Å². The first-order valence-electron chi connectivity index (χ1n) is 9.68. The number of benzene rings is 2. The van der Waals surface area contributed by atoms with Crippen molar-refractivity contribution in [2.45, 2.75) is 19.2 Å². The SMILES string of the molecule is C[C@H](Oc1ccc(Cl)cc1Cl)C(=O)Nc1ccc(N2CCN(C(=O)C(F)(F)F)CC2)cc1. The molecule has 0 aromatic heterocycles. The maximum absolute atomic E-state index is 12.6. The average Bonchev–Trinajstić information content (AvgIpc) is 2.75. The van der Waals surface area contributed by atoms with Crippen LogP contribution in [0.15, 0.2) is 42.5 Å². The van der Waals surface area contributed by atoms with Gasteiger partial charge in [0.05, 0.1) is 5.02 Å². The number of alkyl halides is 3. The number of rotatable bonds is 5. The second-order valence-electron chi connectivity index (χ2n) is 7.15. The Morgan fingerprint density at radius 1 is 1.03 bits per heavy atom. The third kappa shape index (κ3) is 5.98. The van der Waals surface area contributed by atoms with Crippen molar-refractivity contribution < 1.29 is 27.5 Å². The van der Waals surface area contributed by atoms with Gasteiger partial charge in [0.2, 0.25) is 0 Å². The molecule has 11 heteroatoms. The molecule has 32 heavy (non-hydrogen) atoms. The molecule has 0 bridgehead atoms. The molecule has 6 nitrogen and oxygen atoms in total. The maximum atomic E-state index is 12.6. The van der Waals surface area contributed by atoms with Gasteiger partial charge in [-0.2, -0.15) is 13.2 Å². The minimum absolute atomic E-state index is 0.0149. The molecular formula is C21H20Cl2F3N3O3. The van der Waals surface area contributed by atoms with Crippen molar-refractivity contribution in [2.75, 3.05) is 36.4 Å². The molecule has 0 spiro atoms. The number of amides is 2. The van der Waals surface area contributed by atoms with E-state index in [1.807, 2.05) is 4.90 Å². The van der Waals surface area contributed by atoms with Crippen molar-refractivity contribution in [3.8, 4) is 5.75 Å². The molecule has 0 aliphatic carbocycles. The fourth-order valence-corrected chi connectivity index (χ4v) is 3.61. The van der Waals surface area contributed by atoms with Crippen molar-refractivity contribution in [3.05, 3.63) is 52.5 Å². The van der Waals surface area contributed by atoms with Crippen molar-refractivity contribution in [1.82, 2.24) is 4.90 Å². The van der Waals surface area contributed by atoms with Crippen LogP contribution in [0.3, 0.4) is 0 Å². The highest BCUT2D eigenvalue weighted by atomic mass is 35.5. The lowest BCUT2D eigenvalue weighted by molar-refractivity contribution is -0.185. The molecule has 1 atom stereocenters. The van der Waals surface area contributed by atoms with Crippen LogP contribution in [-0.4, -0.2) is 55.2 Å². The maximum Gasteiger partial charge on any atom is 0.471 e. The summed E-state index contributed by atoms with van der Waals surface area (Å²) < 4.78 is 43.3. The number of hydrogen-bond donors (Lipinski definition) is 1. The molecule has 3 rings (SSSR count). The van der Waals surface area contributed by atoms with E-state index in [1.54, 1.807) is 43.3 Å². The first kappa shape index (κ1) is 24.0. The Morgan fingerprint density at radius 3 is 2.22 bits per heavy atom. The molecule has 1 N–H and O–H groups in total. The van der Waals surface area contributed by atoms with Crippen LogP contribution >= 0.6 is 23.2 Å². The standard InChI is InChI=1S/C21H20Cl2F3N3O3/c1-13(32-18-7-2-14(22)12-17(18)23)19(30)27-15-3-5-16(6-4-15)28-8-10-29(11-9-28)20(31)21(24,25)26/h2-7,12-13H,8-11H2,1H3,(H,27,30)/t13-/m0/s1. The molecule has 2 amide bonds. The van der Waals surface area contributed by atoms with Gasteiger partial charge < -0.3 is 19.9 Å². The Labute approximate surface area is 192 Å². The zero-order valence-corrected chi connectivity index (χ0v) is 18.5. The summed E-state index contributed by atoms with van der Waals surface area (Å²) in [5.74, 6) is -1.87. The number of nitrogens with one attached hydrogen (secondary N) is 1. The molecule has 0 unspecified atom stereocenters. The van der Waals surface area contributed by atoms with Gasteiger partial charge in [0, 0.05) is 42.6 Å². The van der Waals surface area contributed by atoms with Gasteiger partial charge in [-0.05, 0) is 49.4 Å².